The molecule has 0 unspecified atom stereocenters. The molecule has 0 aliphatic heterocycles. The predicted octanol–water partition coefficient (Wildman–Crippen LogP) is 2.02. The van der Waals surface area contributed by atoms with Crippen molar-refractivity contribution >= 4 is 0 Å². The van der Waals surface area contributed by atoms with Crippen molar-refractivity contribution in [1.29, 1.82) is 0 Å². The number of quaternary nitrogens is 1. The molecule has 17 heavy (non-hydrogen) atoms. The fourth-order valence-electron chi connectivity index (χ4n) is 1.83. The third kappa shape index (κ3) is 3.36. The molecule has 5 heteroatoms. The SMILES string of the molecule is [CH2-][NH2+]C1(Cc2ccc(OC(F)(F)F)cc2)CC1. The molecule has 1 fully saturated rings. The highest BCUT2D eigenvalue weighted by molar-refractivity contribution is 5.29. The van der Waals surface area contributed by atoms with Gasteiger partial charge in [0.15, 0.2) is 0 Å². The molecule has 1 aromatic rings. The summed E-state index contributed by atoms with van der Waals surface area (Å²) in [6, 6.07) is 6.04. The summed E-state index contributed by atoms with van der Waals surface area (Å²) in [5.74, 6) is -0.176. The summed E-state index contributed by atoms with van der Waals surface area (Å²) in [7, 11) is 3.78. The molecular formula is C12H14F3NO. The van der Waals surface area contributed by atoms with E-state index in [0.717, 1.165) is 24.8 Å². The van der Waals surface area contributed by atoms with Gasteiger partial charge in [-0.25, -0.2) is 0 Å². The van der Waals surface area contributed by atoms with Crippen molar-refractivity contribution in [1.82, 2.24) is 0 Å². The quantitative estimate of drug-likeness (QED) is 0.807. The zero-order chi connectivity index (χ0) is 12.5. The number of hydrogen-bond acceptors (Lipinski definition) is 1. The Labute approximate surface area is 97.8 Å². The second-order valence-electron chi connectivity index (χ2n) is 4.44. The number of rotatable bonds is 4. The molecule has 0 heterocycles. The van der Waals surface area contributed by atoms with E-state index in [-0.39, 0.29) is 11.3 Å². The second-order valence-corrected chi connectivity index (χ2v) is 4.44. The molecule has 2 N–H and O–H groups in total. The minimum absolute atomic E-state index is 0.173. The van der Waals surface area contributed by atoms with Crippen molar-refractivity contribution in [3.63, 3.8) is 0 Å². The Kier molecular flexibility index (Phi) is 3.03. The van der Waals surface area contributed by atoms with E-state index in [1.54, 1.807) is 12.1 Å². The van der Waals surface area contributed by atoms with Crippen LogP contribution in [0.1, 0.15) is 18.4 Å². The molecule has 1 aliphatic carbocycles. The van der Waals surface area contributed by atoms with E-state index in [1.165, 1.54) is 12.1 Å². The average molecular weight is 245 g/mol. The normalized spacial score (nSPS) is 17.9. The molecule has 0 aromatic heterocycles. The van der Waals surface area contributed by atoms with E-state index in [2.05, 4.69) is 11.8 Å². The van der Waals surface area contributed by atoms with Crippen LogP contribution in [0.5, 0.6) is 5.75 Å². The third-order valence-electron chi connectivity index (χ3n) is 3.04. The van der Waals surface area contributed by atoms with Gasteiger partial charge in [0.25, 0.3) is 0 Å². The fourth-order valence-corrected chi connectivity index (χ4v) is 1.83. The lowest BCUT2D eigenvalue weighted by Gasteiger charge is -2.15. The summed E-state index contributed by atoms with van der Waals surface area (Å²) in [4.78, 5) is 0. The van der Waals surface area contributed by atoms with Crippen LogP contribution in [0.3, 0.4) is 0 Å². The van der Waals surface area contributed by atoms with Gasteiger partial charge in [-0.05, 0) is 17.7 Å². The van der Waals surface area contributed by atoms with Crippen molar-refractivity contribution in [2.75, 3.05) is 0 Å². The molecule has 0 radical (unpaired) electrons. The summed E-state index contributed by atoms with van der Waals surface area (Å²) in [5, 5.41) is 1.94. The van der Waals surface area contributed by atoms with Crippen LogP contribution in [0.15, 0.2) is 24.3 Å². The van der Waals surface area contributed by atoms with Gasteiger partial charge in [0, 0.05) is 19.3 Å². The molecule has 0 saturated heterocycles. The van der Waals surface area contributed by atoms with Crippen LogP contribution in [-0.4, -0.2) is 11.9 Å². The monoisotopic (exact) mass is 245 g/mol. The van der Waals surface area contributed by atoms with Crippen LogP contribution in [0.25, 0.3) is 0 Å². The first-order chi connectivity index (χ1) is 7.92. The Hall–Kier alpha value is -1.23. The summed E-state index contributed by atoms with van der Waals surface area (Å²) >= 11 is 0. The Morgan fingerprint density at radius 2 is 1.82 bits per heavy atom. The van der Waals surface area contributed by atoms with E-state index >= 15 is 0 Å². The molecule has 0 amide bonds. The number of halogens is 3. The zero-order valence-electron chi connectivity index (χ0n) is 9.26. The molecule has 0 bridgehead atoms. The number of alkyl halides is 3. The minimum atomic E-state index is -4.62. The summed E-state index contributed by atoms with van der Waals surface area (Å²) < 4.78 is 39.6. The maximum Gasteiger partial charge on any atom is 0.573 e. The largest absolute Gasteiger partial charge is 0.573 e. The highest BCUT2D eigenvalue weighted by Gasteiger charge is 2.43. The summed E-state index contributed by atoms with van der Waals surface area (Å²) in [6.45, 7) is 0. The highest BCUT2D eigenvalue weighted by Crippen LogP contribution is 2.34. The van der Waals surface area contributed by atoms with Crippen molar-refractivity contribution in [3.05, 3.63) is 36.9 Å². The van der Waals surface area contributed by atoms with Gasteiger partial charge < -0.3 is 10.1 Å². The Morgan fingerprint density at radius 1 is 1.24 bits per heavy atom. The first-order valence-electron chi connectivity index (χ1n) is 5.41. The number of ether oxygens (including phenoxy) is 1. The predicted molar refractivity (Wildman–Crippen MR) is 56.1 cm³/mol. The second kappa shape index (κ2) is 4.22. The van der Waals surface area contributed by atoms with Gasteiger partial charge in [-0.2, -0.15) is 7.05 Å². The van der Waals surface area contributed by atoms with Crippen molar-refractivity contribution in [2.24, 2.45) is 0 Å². The molecule has 94 valence electrons. The number of hydrogen-bond donors (Lipinski definition) is 1. The van der Waals surface area contributed by atoms with Crippen molar-refractivity contribution in [2.45, 2.75) is 31.2 Å². The molecule has 1 aromatic carbocycles. The fraction of sp³-hybridized carbons (Fsp3) is 0.417. The molecular weight excluding hydrogens is 231 g/mol. The lowest BCUT2D eigenvalue weighted by atomic mass is 10.0. The van der Waals surface area contributed by atoms with E-state index in [4.69, 9.17) is 0 Å². The van der Waals surface area contributed by atoms with Gasteiger partial charge in [-0.1, -0.05) is 12.1 Å². The average Bonchev–Trinajstić information content (AvgIpc) is 3.00. The molecule has 2 nitrogen and oxygen atoms in total. The van der Waals surface area contributed by atoms with E-state index in [9.17, 15) is 13.2 Å². The summed E-state index contributed by atoms with van der Waals surface area (Å²) in [5.41, 5.74) is 1.18. The standard InChI is InChI=1S/C12H14F3NO/c1-16-11(6-7-11)8-9-2-4-10(5-3-9)17-12(13,14)15/h2-5H,1,6-8,16H2. The first-order valence-corrected chi connectivity index (χ1v) is 5.41. The lowest BCUT2D eigenvalue weighted by molar-refractivity contribution is -0.648. The Bertz CT molecular complexity index is 382. The van der Waals surface area contributed by atoms with E-state index in [0.29, 0.717) is 0 Å². The van der Waals surface area contributed by atoms with Crippen molar-refractivity contribution < 1.29 is 23.2 Å². The van der Waals surface area contributed by atoms with E-state index < -0.39 is 6.36 Å². The highest BCUT2D eigenvalue weighted by atomic mass is 19.4. The van der Waals surface area contributed by atoms with Gasteiger partial charge >= 0.3 is 6.36 Å². The maximum absolute atomic E-state index is 11.9. The number of nitrogens with two attached hydrogens (primary N) is 1. The minimum Gasteiger partial charge on any atom is -0.474 e. The third-order valence-corrected chi connectivity index (χ3v) is 3.04. The van der Waals surface area contributed by atoms with Crippen LogP contribution in [0.2, 0.25) is 0 Å². The van der Waals surface area contributed by atoms with Crippen LogP contribution in [-0.2, 0) is 6.42 Å². The van der Waals surface area contributed by atoms with E-state index in [1.807, 2.05) is 5.32 Å². The van der Waals surface area contributed by atoms with Crippen LogP contribution in [0, 0.1) is 7.05 Å². The van der Waals surface area contributed by atoms with Gasteiger partial charge in [-0.3, -0.25) is 0 Å². The number of benzene rings is 1. The maximum atomic E-state index is 11.9. The Morgan fingerprint density at radius 3 is 2.24 bits per heavy atom. The van der Waals surface area contributed by atoms with Crippen LogP contribution >= 0.6 is 0 Å². The van der Waals surface area contributed by atoms with Gasteiger partial charge in [0.05, 0.1) is 5.54 Å². The smallest absolute Gasteiger partial charge is 0.474 e. The lowest BCUT2D eigenvalue weighted by Crippen LogP contribution is -2.86. The van der Waals surface area contributed by atoms with Crippen LogP contribution < -0.4 is 10.1 Å². The van der Waals surface area contributed by atoms with Gasteiger partial charge in [0.1, 0.15) is 5.75 Å². The van der Waals surface area contributed by atoms with Gasteiger partial charge in [0.2, 0.25) is 0 Å². The van der Waals surface area contributed by atoms with Crippen LogP contribution in [0.4, 0.5) is 13.2 Å². The van der Waals surface area contributed by atoms with Gasteiger partial charge in [-0.15, -0.1) is 13.2 Å². The summed E-state index contributed by atoms with van der Waals surface area (Å²) in [6.07, 6.45) is -1.57. The topological polar surface area (TPSA) is 25.8 Å². The molecule has 1 aliphatic rings. The van der Waals surface area contributed by atoms with Crippen molar-refractivity contribution in [3.8, 4) is 5.75 Å². The first kappa shape index (κ1) is 12.2. The molecule has 0 spiro atoms. The molecule has 2 rings (SSSR count). The molecule has 0 atom stereocenters. The molecule has 1 saturated carbocycles. The zero-order valence-corrected chi connectivity index (χ0v) is 9.26. The Balaban J connectivity index is 1.98.